The van der Waals surface area contributed by atoms with Crippen LogP contribution in [-0.4, -0.2) is 76.2 Å². The quantitative estimate of drug-likeness (QED) is 0.586. The van der Waals surface area contributed by atoms with Crippen molar-refractivity contribution in [1.29, 1.82) is 0 Å². The van der Waals surface area contributed by atoms with Crippen LogP contribution < -0.4 is 9.62 Å². The van der Waals surface area contributed by atoms with Crippen LogP contribution in [0.25, 0.3) is 0 Å². The fourth-order valence-corrected chi connectivity index (χ4v) is 6.82. The maximum Gasteiger partial charge on any atom is 0.410 e. The number of ether oxygens (including phenoxy) is 1. The number of aliphatic imine (C=N–C) groups is 1. The zero-order valence-electron chi connectivity index (χ0n) is 23.5. The number of guanidine groups is 1. The molecule has 1 aliphatic carbocycles. The average Bonchev–Trinajstić information content (AvgIpc) is 3.27. The Morgan fingerprint density at radius 3 is 2.67 bits per heavy atom. The molecule has 2 amide bonds. The molecule has 40 heavy (non-hydrogen) atoms. The van der Waals surface area contributed by atoms with E-state index >= 15 is 0 Å². The third-order valence-corrected chi connectivity index (χ3v) is 9.36. The topological polar surface area (TPSA) is 129 Å². The molecule has 1 aromatic carbocycles. The lowest BCUT2D eigenvalue weighted by molar-refractivity contribution is 0.0193. The molecule has 1 atom stereocenters. The number of carbonyl (C=O) groups excluding carboxylic acids is 2. The lowest BCUT2D eigenvalue weighted by Gasteiger charge is -2.38. The zero-order chi connectivity index (χ0) is 28.6. The van der Waals surface area contributed by atoms with E-state index in [0.29, 0.717) is 43.4 Å². The third kappa shape index (κ3) is 4.74. The molecule has 0 bridgehead atoms. The van der Waals surface area contributed by atoms with Crippen molar-refractivity contribution in [1.82, 2.24) is 24.3 Å². The molecule has 0 saturated heterocycles. The Labute approximate surface area is 234 Å². The molecule has 3 aliphatic heterocycles. The van der Waals surface area contributed by atoms with Gasteiger partial charge in [-0.25, -0.2) is 17.9 Å². The van der Waals surface area contributed by atoms with Crippen LogP contribution in [-0.2, 0) is 34.4 Å². The van der Waals surface area contributed by atoms with Crippen molar-refractivity contribution >= 4 is 33.7 Å². The van der Waals surface area contributed by atoms with Gasteiger partial charge in [0.25, 0.3) is 5.91 Å². The Bertz CT molecular complexity index is 1540. The van der Waals surface area contributed by atoms with Gasteiger partial charge in [0.1, 0.15) is 5.60 Å². The van der Waals surface area contributed by atoms with Crippen molar-refractivity contribution in [2.75, 3.05) is 18.0 Å². The van der Waals surface area contributed by atoms with Crippen LogP contribution in [0, 0.1) is 0 Å². The molecule has 214 valence electrons. The number of hydrogen-bond donors (Lipinski definition) is 1. The van der Waals surface area contributed by atoms with Gasteiger partial charge in [-0.2, -0.15) is 5.10 Å². The lowest BCUT2D eigenvalue weighted by atomic mass is 10.1. The summed E-state index contributed by atoms with van der Waals surface area (Å²) < 4.78 is 36.4. The van der Waals surface area contributed by atoms with Gasteiger partial charge in [-0.1, -0.05) is 0 Å². The van der Waals surface area contributed by atoms with Gasteiger partial charge < -0.3 is 14.5 Å². The summed E-state index contributed by atoms with van der Waals surface area (Å²) in [6, 6.07) is 4.72. The van der Waals surface area contributed by atoms with Crippen molar-refractivity contribution in [2.45, 2.75) is 89.2 Å². The highest BCUT2D eigenvalue weighted by Gasteiger charge is 2.44. The third-order valence-electron chi connectivity index (χ3n) is 7.73. The first-order chi connectivity index (χ1) is 18.7. The summed E-state index contributed by atoms with van der Waals surface area (Å²) in [5, 5.41) is 4.51. The van der Waals surface area contributed by atoms with Crippen molar-refractivity contribution < 1.29 is 22.7 Å². The molecule has 2 aromatic rings. The van der Waals surface area contributed by atoms with Crippen LogP contribution in [0.1, 0.15) is 69.1 Å². The molecule has 1 saturated carbocycles. The number of carbonyl (C=O) groups is 2. The SMILES string of the molecule is C[C@@H]1CN=C2N(Cc3cnn4c3CN(C(=O)OC(C)(C)C)CC4)C(=O)c3cc(S(=O)(=O)NC4(C)CC4)ccc3N21. The second-order valence-electron chi connectivity index (χ2n) is 12.3. The molecule has 4 aliphatic rings. The molecule has 0 radical (unpaired) electrons. The van der Waals surface area contributed by atoms with Crippen molar-refractivity contribution in [2.24, 2.45) is 4.99 Å². The second-order valence-corrected chi connectivity index (χ2v) is 14.0. The first-order valence-corrected chi connectivity index (χ1v) is 15.1. The molecule has 0 spiro atoms. The van der Waals surface area contributed by atoms with Gasteiger partial charge in [0.2, 0.25) is 16.0 Å². The minimum atomic E-state index is -3.79. The van der Waals surface area contributed by atoms with Crippen LogP contribution >= 0.6 is 0 Å². The fraction of sp³-hybridized carbons (Fsp3) is 0.556. The Hall–Kier alpha value is -3.45. The summed E-state index contributed by atoms with van der Waals surface area (Å²) in [5.41, 5.74) is 1.54. The summed E-state index contributed by atoms with van der Waals surface area (Å²) in [7, 11) is -3.79. The van der Waals surface area contributed by atoms with E-state index in [1.54, 1.807) is 28.1 Å². The van der Waals surface area contributed by atoms with E-state index in [2.05, 4.69) is 14.8 Å². The van der Waals surface area contributed by atoms with Crippen LogP contribution in [0.4, 0.5) is 10.5 Å². The number of fused-ring (bicyclic) bond motifs is 4. The maximum atomic E-state index is 14.0. The van der Waals surface area contributed by atoms with E-state index < -0.39 is 27.3 Å². The van der Waals surface area contributed by atoms with Crippen molar-refractivity contribution in [3.8, 4) is 0 Å². The molecule has 13 heteroatoms. The van der Waals surface area contributed by atoms with Crippen LogP contribution in [0.5, 0.6) is 0 Å². The van der Waals surface area contributed by atoms with E-state index in [-0.39, 0.29) is 23.4 Å². The molecule has 6 rings (SSSR count). The Morgan fingerprint density at radius 1 is 1.23 bits per heavy atom. The van der Waals surface area contributed by atoms with E-state index in [9.17, 15) is 18.0 Å². The number of rotatable bonds is 5. The molecule has 1 aromatic heterocycles. The maximum absolute atomic E-state index is 14.0. The van der Waals surface area contributed by atoms with E-state index in [1.165, 1.54) is 6.07 Å². The predicted octanol–water partition coefficient (Wildman–Crippen LogP) is 2.69. The zero-order valence-corrected chi connectivity index (χ0v) is 24.3. The molecule has 0 unspecified atom stereocenters. The highest BCUT2D eigenvalue weighted by molar-refractivity contribution is 7.89. The monoisotopic (exact) mass is 569 g/mol. The summed E-state index contributed by atoms with van der Waals surface area (Å²) >= 11 is 0. The molecule has 1 N–H and O–H groups in total. The number of nitrogens with zero attached hydrogens (tertiary/aromatic N) is 6. The number of aromatic nitrogens is 2. The Balaban J connectivity index is 1.30. The standard InChI is InChI=1S/C27H35N7O5S/c1-17-13-28-24-32(15-18-14-29-33-11-10-31(16-22(18)33)25(36)39-26(2,3)4)23(35)20-12-19(6-7-21(20)34(17)24)40(37,38)30-27(5)8-9-27/h6-7,12,14,17,30H,8-11,13,15-16H2,1-5H3/t17-/m1/s1. The van der Waals surface area contributed by atoms with Gasteiger partial charge in [0.05, 0.1) is 60.3 Å². The van der Waals surface area contributed by atoms with Gasteiger partial charge in [0, 0.05) is 17.6 Å². The van der Waals surface area contributed by atoms with Gasteiger partial charge in [0.15, 0.2) is 0 Å². The predicted molar refractivity (Wildman–Crippen MR) is 147 cm³/mol. The Morgan fingerprint density at radius 2 is 1.98 bits per heavy atom. The lowest BCUT2D eigenvalue weighted by Crippen LogP contribution is -2.52. The number of sulfonamides is 1. The number of benzene rings is 1. The number of hydrogen-bond acceptors (Lipinski definition) is 8. The molecular formula is C27H35N7O5S. The van der Waals surface area contributed by atoms with Crippen LogP contribution in [0.15, 0.2) is 34.3 Å². The first-order valence-electron chi connectivity index (χ1n) is 13.6. The molecule has 1 fully saturated rings. The van der Waals surface area contributed by atoms with Gasteiger partial charge in [-0.3, -0.25) is 19.4 Å². The largest absolute Gasteiger partial charge is 0.444 e. The molecule has 4 heterocycles. The number of anilines is 1. The Kier molecular flexibility index (Phi) is 6.04. The number of amides is 2. The van der Waals surface area contributed by atoms with E-state index in [0.717, 1.165) is 24.1 Å². The van der Waals surface area contributed by atoms with Crippen LogP contribution in [0.3, 0.4) is 0 Å². The summed E-state index contributed by atoms with van der Waals surface area (Å²) in [4.78, 5) is 36.7. The average molecular weight is 570 g/mol. The molecule has 12 nitrogen and oxygen atoms in total. The van der Waals surface area contributed by atoms with Gasteiger partial charge in [-0.15, -0.1) is 0 Å². The minimum Gasteiger partial charge on any atom is -0.444 e. The highest BCUT2D eigenvalue weighted by Crippen LogP contribution is 2.38. The highest BCUT2D eigenvalue weighted by atomic mass is 32.2. The summed E-state index contributed by atoms with van der Waals surface area (Å²) in [5.74, 6) is 0.206. The first kappa shape index (κ1) is 26.8. The van der Waals surface area contributed by atoms with Gasteiger partial charge in [-0.05, 0) is 65.7 Å². The van der Waals surface area contributed by atoms with Gasteiger partial charge >= 0.3 is 6.09 Å². The summed E-state index contributed by atoms with van der Waals surface area (Å²) in [6.07, 6.45) is 2.91. The smallest absolute Gasteiger partial charge is 0.410 e. The minimum absolute atomic E-state index is 0.000885. The molecular weight excluding hydrogens is 534 g/mol. The van der Waals surface area contributed by atoms with Crippen molar-refractivity contribution in [3.63, 3.8) is 0 Å². The summed E-state index contributed by atoms with van der Waals surface area (Å²) in [6.45, 7) is 11.4. The van der Waals surface area contributed by atoms with Crippen LogP contribution in [0.2, 0.25) is 0 Å². The second kappa shape index (κ2) is 9.03. The van der Waals surface area contributed by atoms with E-state index in [4.69, 9.17) is 4.74 Å². The van der Waals surface area contributed by atoms with E-state index in [1.807, 2.05) is 44.2 Å². The fourth-order valence-electron chi connectivity index (χ4n) is 5.33. The number of nitrogens with one attached hydrogen (secondary N) is 1. The normalized spacial score (nSPS) is 21.5. The van der Waals surface area contributed by atoms with Crippen molar-refractivity contribution in [3.05, 3.63) is 41.2 Å².